The van der Waals surface area contributed by atoms with Crippen molar-refractivity contribution in [3.8, 4) is 0 Å². The van der Waals surface area contributed by atoms with Crippen LogP contribution in [0.15, 0.2) is 41.4 Å². The third kappa shape index (κ3) is 3.73. The summed E-state index contributed by atoms with van der Waals surface area (Å²) >= 11 is 0. The molecule has 5 heteroatoms. The maximum absolute atomic E-state index is 12.5. The van der Waals surface area contributed by atoms with Crippen LogP contribution in [0.2, 0.25) is 0 Å². The van der Waals surface area contributed by atoms with Crippen molar-refractivity contribution in [3.63, 3.8) is 0 Å². The summed E-state index contributed by atoms with van der Waals surface area (Å²) in [6.07, 6.45) is 7.30. The SMILES string of the molecule is CCNC(=NCC(=O)N1CCc2ccccc21)NC1CC=CC1. The summed E-state index contributed by atoms with van der Waals surface area (Å²) in [6, 6.07) is 8.48. The van der Waals surface area contributed by atoms with Crippen LogP contribution >= 0.6 is 0 Å². The second kappa shape index (κ2) is 7.31. The molecule has 2 N–H and O–H groups in total. The number of benzene rings is 1. The van der Waals surface area contributed by atoms with Crippen LogP contribution < -0.4 is 15.5 Å². The molecule has 0 saturated carbocycles. The van der Waals surface area contributed by atoms with Gasteiger partial charge in [0.2, 0.25) is 5.91 Å². The monoisotopic (exact) mass is 312 g/mol. The number of guanidine groups is 1. The molecule has 0 saturated heterocycles. The summed E-state index contributed by atoms with van der Waals surface area (Å²) < 4.78 is 0. The van der Waals surface area contributed by atoms with Gasteiger partial charge in [-0.2, -0.15) is 0 Å². The van der Waals surface area contributed by atoms with Gasteiger partial charge in [-0.3, -0.25) is 4.79 Å². The molecule has 1 amide bonds. The van der Waals surface area contributed by atoms with Crippen molar-refractivity contribution in [2.75, 3.05) is 24.5 Å². The van der Waals surface area contributed by atoms with E-state index in [0.29, 0.717) is 6.04 Å². The van der Waals surface area contributed by atoms with E-state index >= 15 is 0 Å². The van der Waals surface area contributed by atoms with Crippen LogP contribution in [0.1, 0.15) is 25.3 Å². The average Bonchev–Trinajstić information content (AvgIpc) is 3.22. The molecule has 0 radical (unpaired) electrons. The first-order valence-electron chi connectivity index (χ1n) is 8.36. The van der Waals surface area contributed by atoms with Crippen molar-refractivity contribution < 1.29 is 4.79 Å². The van der Waals surface area contributed by atoms with E-state index in [9.17, 15) is 4.79 Å². The molecule has 0 atom stereocenters. The first kappa shape index (κ1) is 15.6. The molecule has 0 aromatic heterocycles. The lowest BCUT2D eigenvalue weighted by atomic mass is 10.2. The first-order chi connectivity index (χ1) is 11.3. The highest BCUT2D eigenvalue weighted by molar-refractivity contribution is 5.98. The van der Waals surface area contributed by atoms with E-state index in [1.807, 2.05) is 30.0 Å². The maximum atomic E-state index is 12.5. The Bertz CT molecular complexity index is 615. The number of rotatable bonds is 4. The predicted molar refractivity (Wildman–Crippen MR) is 93.8 cm³/mol. The van der Waals surface area contributed by atoms with Gasteiger partial charge in [0, 0.05) is 24.8 Å². The van der Waals surface area contributed by atoms with Crippen LogP contribution in [-0.2, 0) is 11.2 Å². The number of carbonyl (C=O) groups excluding carboxylic acids is 1. The highest BCUT2D eigenvalue weighted by Gasteiger charge is 2.23. The number of aliphatic imine (C=N–C) groups is 1. The van der Waals surface area contributed by atoms with Gasteiger partial charge in [-0.1, -0.05) is 30.4 Å². The number of para-hydroxylation sites is 1. The Morgan fingerprint density at radius 3 is 2.87 bits per heavy atom. The lowest BCUT2D eigenvalue weighted by molar-refractivity contribution is -0.117. The van der Waals surface area contributed by atoms with E-state index in [2.05, 4.69) is 33.8 Å². The normalized spacial score (nSPS) is 17.4. The third-order valence-electron chi connectivity index (χ3n) is 4.25. The lowest BCUT2D eigenvalue weighted by Gasteiger charge is -2.18. The number of hydrogen-bond donors (Lipinski definition) is 2. The van der Waals surface area contributed by atoms with E-state index in [0.717, 1.165) is 44.0 Å². The maximum Gasteiger partial charge on any atom is 0.248 e. The van der Waals surface area contributed by atoms with Gasteiger partial charge in [0.15, 0.2) is 5.96 Å². The number of hydrogen-bond acceptors (Lipinski definition) is 2. The molecule has 122 valence electrons. The Labute approximate surface area is 137 Å². The molecule has 23 heavy (non-hydrogen) atoms. The van der Waals surface area contributed by atoms with Crippen molar-refractivity contribution >= 4 is 17.6 Å². The standard InChI is InChI=1S/C18H24N4O/c1-2-19-18(21-15-8-4-5-9-15)20-13-17(23)22-12-11-14-7-3-6-10-16(14)22/h3-7,10,15H,2,8-9,11-13H2,1H3,(H2,19,20,21). The molecular formula is C18H24N4O. The van der Waals surface area contributed by atoms with E-state index in [-0.39, 0.29) is 12.5 Å². The molecule has 0 fully saturated rings. The molecule has 0 unspecified atom stereocenters. The van der Waals surface area contributed by atoms with Gasteiger partial charge in [0.05, 0.1) is 0 Å². The van der Waals surface area contributed by atoms with Crippen LogP contribution in [0.5, 0.6) is 0 Å². The van der Waals surface area contributed by atoms with Gasteiger partial charge >= 0.3 is 0 Å². The van der Waals surface area contributed by atoms with E-state index in [1.165, 1.54) is 5.56 Å². The Morgan fingerprint density at radius 1 is 1.30 bits per heavy atom. The molecule has 5 nitrogen and oxygen atoms in total. The van der Waals surface area contributed by atoms with Gasteiger partial charge in [0.1, 0.15) is 6.54 Å². The van der Waals surface area contributed by atoms with E-state index in [1.54, 1.807) is 0 Å². The largest absolute Gasteiger partial charge is 0.357 e. The van der Waals surface area contributed by atoms with Crippen LogP contribution in [0.25, 0.3) is 0 Å². The zero-order chi connectivity index (χ0) is 16.1. The van der Waals surface area contributed by atoms with Crippen LogP contribution in [0.3, 0.4) is 0 Å². The first-order valence-corrected chi connectivity index (χ1v) is 8.36. The zero-order valence-electron chi connectivity index (χ0n) is 13.6. The summed E-state index contributed by atoms with van der Waals surface area (Å²) in [4.78, 5) is 18.8. The second-order valence-electron chi connectivity index (χ2n) is 5.90. The minimum atomic E-state index is 0.0525. The molecule has 1 aliphatic carbocycles. The van der Waals surface area contributed by atoms with Crippen LogP contribution in [0, 0.1) is 0 Å². The van der Waals surface area contributed by atoms with Crippen molar-refractivity contribution in [2.24, 2.45) is 4.99 Å². The molecule has 1 aromatic carbocycles. The zero-order valence-corrected chi connectivity index (χ0v) is 13.6. The summed E-state index contributed by atoms with van der Waals surface area (Å²) in [7, 11) is 0. The fourth-order valence-electron chi connectivity index (χ4n) is 3.08. The van der Waals surface area contributed by atoms with Crippen LogP contribution in [-0.4, -0.2) is 37.5 Å². The molecule has 1 aromatic rings. The summed E-state index contributed by atoms with van der Waals surface area (Å²) in [5.41, 5.74) is 2.28. The lowest BCUT2D eigenvalue weighted by Crippen LogP contribution is -2.43. The number of fused-ring (bicyclic) bond motifs is 1. The minimum Gasteiger partial charge on any atom is -0.357 e. The third-order valence-corrected chi connectivity index (χ3v) is 4.25. The molecule has 1 heterocycles. The molecule has 2 aliphatic rings. The summed E-state index contributed by atoms with van der Waals surface area (Å²) in [5.74, 6) is 0.777. The fourth-order valence-corrected chi connectivity index (χ4v) is 3.08. The minimum absolute atomic E-state index is 0.0525. The second-order valence-corrected chi connectivity index (χ2v) is 5.90. The highest BCUT2D eigenvalue weighted by atomic mass is 16.2. The molecular weight excluding hydrogens is 288 g/mol. The summed E-state index contributed by atoms with van der Waals surface area (Å²) in [6.45, 7) is 3.74. The van der Waals surface area contributed by atoms with Crippen molar-refractivity contribution in [2.45, 2.75) is 32.2 Å². The Morgan fingerprint density at radius 2 is 2.09 bits per heavy atom. The summed E-state index contributed by atoms with van der Waals surface area (Å²) in [5, 5.41) is 6.60. The number of nitrogens with zero attached hydrogens (tertiary/aromatic N) is 2. The number of nitrogens with one attached hydrogen (secondary N) is 2. The van der Waals surface area contributed by atoms with E-state index < -0.39 is 0 Å². The fraction of sp³-hybridized carbons (Fsp3) is 0.444. The Balaban J connectivity index is 1.61. The van der Waals surface area contributed by atoms with Gasteiger partial charge in [-0.25, -0.2) is 4.99 Å². The molecule has 0 spiro atoms. The van der Waals surface area contributed by atoms with Crippen molar-refractivity contribution in [1.82, 2.24) is 10.6 Å². The Hall–Kier alpha value is -2.30. The Kier molecular flexibility index (Phi) is 4.95. The predicted octanol–water partition coefficient (Wildman–Crippen LogP) is 1.85. The number of carbonyl (C=O) groups is 1. The van der Waals surface area contributed by atoms with Crippen molar-refractivity contribution in [3.05, 3.63) is 42.0 Å². The van der Waals surface area contributed by atoms with Gasteiger partial charge in [-0.05, 0) is 37.8 Å². The average molecular weight is 312 g/mol. The quantitative estimate of drug-likeness (QED) is 0.507. The van der Waals surface area contributed by atoms with Crippen LogP contribution in [0.4, 0.5) is 5.69 Å². The molecule has 0 bridgehead atoms. The number of anilines is 1. The topological polar surface area (TPSA) is 56.7 Å². The number of amides is 1. The van der Waals surface area contributed by atoms with Crippen molar-refractivity contribution in [1.29, 1.82) is 0 Å². The highest BCUT2D eigenvalue weighted by Crippen LogP contribution is 2.27. The molecule has 3 rings (SSSR count). The van der Waals surface area contributed by atoms with E-state index in [4.69, 9.17) is 0 Å². The van der Waals surface area contributed by atoms with Gasteiger partial charge in [0.25, 0.3) is 0 Å². The smallest absolute Gasteiger partial charge is 0.248 e. The van der Waals surface area contributed by atoms with Gasteiger partial charge in [-0.15, -0.1) is 0 Å². The molecule has 1 aliphatic heterocycles. The van der Waals surface area contributed by atoms with Gasteiger partial charge < -0.3 is 15.5 Å².